The van der Waals surface area contributed by atoms with E-state index in [2.05, 4.69) is 21.2 Å². The highest BCUT2D eigenvalue weighted by atomic mass is 16.5. The van der Waals surface area contributed by atoms with Gasteiger partial charge in [-0.15, -0.1) is 5.10 Å². The number of carboxylic acid groups (broad SMARTS) is 1. The molecule has 0 amide bonds. The number of aromatic nitrogens is 2. The SMILES string of the molecule is CC1=CC(CN(Cc2n[nH]c(=O)o2)CC2N=C(c3ccccc3)OC2C)CC(C)=C1OC(C)(C)C(=O)O. The fourth-order valence-electron chi connectivity index (χ4n) is 4.67. The van der Waals surface area contributed by atoms with E-state index in [-0.39, 0.29) is 18.1 Å². The Balaban J connectivity index is 1.51. The number of hydrogen-bond donors (Lipinski definition) is 2. The van der Waals surface area contributed by atoms with Crippen molar-refractivity contribution in [2.75, 3.05) is 13.1 Å². The highest BCUT2D eigenvalue weighted by Gasteiger charge is 2.34. The molecule has 1 aromatic carbocycles. The van der Waals surface area contributed by atoms with Crippen LogP contribution >= 0.6 is 0 Å². The van der Waals surface area contributed by atoms with Crippen LogP contribution in [0.2, 0.25) is 0 Å². The molecule has 0 saturated carbocycles. The number of carboxylic acids is 1. The zero-order valence-corrected chi connectivity index (χ0v) is 21.9. The number of ether oxygens (including phenoxy) is 2. The first-order valence-corrected chi connectivity index (χ1v) is 12.4. The molecular formula is C27H34N4O6. The number of rotatable bonds is 10. The molecule has 1 aromatic heterocycles. The van der Waals surface area contributed by atoms with Gasteiger partial charge in [-0.3, -0.25) is 4.90 Å². The van der Waals surface area contributed by atoms with Crippen molar-refractivity contribution in [2.24, 2.45) is 10.9 Å². The number of aromatic amines is 1. The van der Waals surface area contributed by atoms with Crippen molar-refractivity contribution in [3.05, 3.63) is 75.3 Å². The van der Waals surface area contributed by atoms with E-state index in [4.69, 9.17) is 18.9 Å². The van der Waals surface area contributed by atoms with Crippen LogP contribution in [0.15, 0.2) is 67.5 Å². The van der Waals surface area contributed by atoms with Gasteiger partial charge < -0.3 is 19.0 Å². The van der Waals surface area contributed by atoms with Crippen molar-refractivity contribution in [1.82, 2.24) is 15.1 Å². The van der Waals surface area contributed by atoms with E-state index in [1.54, 1.807) is 13.8 Å². The Labute approximate surface area is 215 Å². The first-order chi connectivity index (χ1) is 17.5. The molecule has 3 atom stereocenters. The van der Waals surface area contributed by atoms with E-state index >= 15 is 0 Å². The van der Waals surface area contributed by atoms with Crippen LogP contribution in [-0.4, -0.2) is 62.9 Å². The van der Waals surface area contributed by atoms with Crippen molar-refractivity contribution >= 4 is 11.9 Å². The Morgan fingerprint density at radius 1 is 1.24 bits per heavy atom. The lowest BCUT2D eigenvalue weighted by Crippen LogP contribution is -2.39. The van der Waals surface area contributed by atoms with Gasteiger partial charge in [-0.05, 0) is 70.2 Å². The quantitative estimate of drug-likeness (QED) is 0.497. The third kappa shape index (κ3) is 6.37. The minimum absolute atomic E-state index is 0.110. The number of allylic oxidation sites excluding steroid dienone is 2. The highest BCUT2D eigenvalue weighted by molar-refractivity contribution is 5.95. The van der Waals surface area contributed by atoms with Gasteiger partial charge >= 0.3 is 11.7 Å². The lowest BCUT2D eigenvalue weighted by Gasteiger charge is -2.32. The van der Waals surface area contributed by atoms with Gasteiger partial charge in [-0.1, -0.05) is 24.3 Å². The normalized spacial score (nSPS) is 22.1. The van der Waals surface area contributed by atoms with Gasteiger partial charge in [-0.2, -0.15) is 0 Å². The predicted molar refractivity (Wildman–Crippen MR) is 137 cm³/mol. The smallest absolute Gasteiger partial charge is 0.434 e. The molecule has 37 heavy (non-hydrogen) atoms. The van der Waals surface area contributed by atoms with Crippen molar-refractivity contribution < 1.29 is 23.8 Å². The van der Waals surface area contributed by atoms with Crippen LogP contribution in [0.5, 0.6) is 0 Å². The van der Waals surface area contributed by atoms with Crippen LogP contribution in [-0.2, 0) is 20.8 Å². The van der Waals surface area contributed by atoms with E-state index in [0.29, 0.717) is 43.6 Å². The third-order valence-electron chi connectivity index (χ3n) is 6.59. The largest absolute Gasteiger partial charge is 0.478 e. The maximum absolute atomic E-state index is 11.6. The zero-order valence-electron chi connectivity index (χ0n) is 21.9. The summed E-state index contributed by atoms with van der Waals surface area (Å²) in [5.41, 5.74) is 1.50. The first-order valence-electron chi connectivity index (χ1n) is 12.4. The summed E-state index contributed by atoms with van der Waals surface area (Å²) >= 11 is 0. The third-order valence-corrected chi connectivity index (χ3v) is 6.59. The fraction of sp³-hybridized carbons (Fsp3) is 0.481. The monoisotopic (exact) mass is 510 g/mol. The summed E-state index contributed by atoms with van der Waals surface area (Å²) < 4.78 is 17.1. The molecule has 0 spiro atoms. The van der Waals surface area contributed by atoms with Crippen molar-refractivity contribution in [1.29, 1.82) is 0 Å². The summed E-state index contributed by atoms with van der Waals surface area (Å²) in [6.07, 6.45) is 2.70. The average molecular weight is 511 g/mol. The van der Waals surface area contributed by atoms with E-state index in [1.807, 2.05) is 51.1 Å². The Morgan fingerprint density at radius 2 is 1.97 bits per heavy atom. The van der Waals surface area contributed by atoms with Gasteiger partial charge in [0.2, 0.25) is 11.8 Å². The molecule has 10 nitrogen and oxygen atoms in total. The van der Waals surface area contributed by atoms with Crippen LogP contribution in [0, 0.1) is 5.92 Å². The van der Waals surface area contributed by atoms with Crippen LogP contribution in [0.4, 0.5) is 0 Å². The van der Waals surface area contributed by atoms with E-state index in [9.17, 15) is 14.7 Å². The summed E-state index contributed by atoms with van der Waals surface area (Å²) in [5.74, 6) is 0.0911. The fourth-order valence-corrected chi connectivity index (χ4v) is 4.67. The number of nitrogens with zero attached hydrogens (tertiary/aromatic N) is 3. The number of aliphatic carboxylic acids is 1. The Morgan fingerprint density at radius 3 is 2.59 bits per heavy atom. The van der Waals surface area contributed by atoms with E-state index < -0.39 is 17.3 Å². The van der Waals surface area contributed by atoms with Gasteiger partial charge in [0.15, 0.2) is 5.60 Å². The molecule has 2 aromatic rings. The molecule has 2 N–H and O–H groups in total. The molecule has 1 aliphatic carbocycles. The Bertz CT molecular complexity index is 1270. The molecular weight excluding hydrogens is 476 g/mol. The summed E-state index contributed by atoms with van der Waals surface area (Å²) in [4.78, 5) is 30.1. The van der Waals surface area contributed by atoms with E-state index in [0.717, 1.165) is 16.7 Å². The van der Waals surface area contributed by atoms with Gasteiger partial charge in [0.05, 0.1) is 6.54 Å². The molecule has 0 saturated heterocycles. The molecule has 0 fully saturated rings. The minimum Gasteiger partial charge on any atom is -0.478 e. The van der Waals surface area contributed by atoms with Crippen molar-refractivity contribution in [3.8, 4) is 0 Å². The van der Waals surface area contributed by atoms with Gasteiger partial charge in [-0.25, -0.2) is 19.7 Å². The minimum atomic E-state index is -1.32. The molecule has 2 aliphatic rings. The molecule has 4 rings (SSSR count). The molecule has 1 aliphatic heterocycles. The lowest BCUT2D eigenvalue weighted by atomic mass is 9.89. The molecule has 10 heteroatoms. The average Bonchev–Trinajstić information content (AvgIpc) is 3.41. The lowest BCUT2D eigenvalue weighted by molar-refractivity contribution is -0.156. The molecule has 3 unspecified atom stereocenters. The summed E-state index contributed by atoms with van der Waals surface area (Å²) in [6, 6.07) is 9.69. The number of hydrogen-bond acceptors (Lipinski definition) is 8. The van der Waals surface area contributed by atoms with Crippen LogP contribution in [0.3, 0.4) is 0 Å². The summed E-state index contributed by atoms with van der Waals surface area (Å²) in [5, 5.41) is 15.8. The first kappa shape index (κ1) is 26.4. The van der Waals surface area contributed by atoms with Crippen LogP contribution < -0.4 is 5.76 Å². The van der Waals surface area contributed by atoms with Crippen molar-refractivity contribution in [2.45, 2.75) is 65.3 Å². The summed E-state index contributed by atoms with van der Waals surface area (Å²) in [6.45, 7) is 10.6. The standard InChI is InChI=1S/C27H34N4O6/c1-16-11-19(12-17(2)23(16)37-27(4,5)25(32)33)13-31(15-22-29-30-26(34)36-22)14-21-18(3)35-24(28-21)20-9-7-6-8-10-20/h6-11,18-19,21H,12-15H2,1-5H3,(H,30,34)(H,32,33). The summed E-state index contributed by atoms with van der Waals surface area (Å²) in [7, 11) is 0. The maximum atomic E-state index is 11.6. The number of nitrogens with one attached hydrogen (secondary N) is 1. The number of benzene rings is 1. The number of aliphatic imine (C=N–C) groups is 1. The number of H-pyrrole nitrogens is 1. The van der Waals surface area contributed by atoms with Crippen LogP contribution in [0.1, 0.15) is 52.5 Å². The maximum Gasteiger partial charge on any atom is 0.434 e. The Kier molecular flexibility index (Phi) is 7.68. The Hall–Kier alpha value is -3.66. The van der Waals surface area contributed by atoms with Crippen molar-refractivity contribution in [3.63, 3.8) is 0 Å². The molecule has 0 bridgehead atoms. The van der Waals surface area contributed by atoms with Gasteiger partial charge in [0, 0.05) is 18.7 Å². The predicted octanol–water partition coefficient (Wildman–Crippen LogP) is 3.52. The number of carbonyl (C=O) groups is 1. The van der Waals surface area contributed by atoms with Gasteiger partial charge in [0.25, 0.3) is 0 Å². The van der Waals surface area contributed by atoms with E-state index in [1.165, 1.54) is 0 Å². The second-order valence-electron chi connectivity index (χ2n) is 10.2. The topological polar surface area (TPSA) is 130 Å². The zero-order chi connectivity index (χ0) is 26.7. The van der Waals surface area contributed by atoms with Gasteiger partial charge in [0.1, 0.15) is 17.9 Å². The highest BCUT2D eigenvalue weighted by Crippen LogP contribution is 2.33. The second kappa shape index (κ2) is 10.8. The molecule has 0 radical (unpaired) electrons. The molecule has 2 heterocycles. The second-order valence-corrected chi connectivity index (χ2v) is 10.2. The molecule has 198 valence electrons. The van der Waals surface area contributed by atoms with Crippen LogP contribution in [0.25, 0.3) is 0 Å².